The molecular weight excluding hydrogens is 452 g/mol. The summed E-state index contributed by atoms with van der Waals surface area (Å²) >= 11 is 6.70. The van der Waals surface area contributed by atoms with Crippen molar-refractivity contribution in [2.75, 3.05) is 13.1 Å². The number of aromatic nitrogens is 2. The number of hydrogen-bond acceptors (Lipinski definition) is 6. The number of benzene rings is 2. The summed E-state index contributed by atoms with van der Waals surface area (Å²) in [4.78, 5) is 50.8. The fourth-order valence-electron chi connectivity index (χ4n) is 3.14. The Morgan fingerprint density at radius 2 is 1.84 bits per heavy atom. The lowest BCUT2D eigenvalue weighted by molar-refractivity contribution is -0.124. The van der Waals surface area contributed by atoms with Gasteiger partial charge in [0.05, 0.1) is 16.5 Å². The van der Waals surface area contributed by atoms with Gasteiger partial charge in [0.1, 0.15) is 6.54 Å². The summed E-state index contributed by atoms with van der Waals surface area (Å²) < 4.78 is 1.08. The number of fused-ring (bicyclic) bond motifs is 1. The van der Waals surface area contributed by atoms with Gasteiger partial charge in [0, 0.05) is 23.5 Å². The highest BCUT2D eigenvalue weighted by Crippen LogP contribution is 2.32. The lowest BCUT2D eigenvalue weighted by Gasteiger charge is -2.13. The van der Waals surface area contributed by atoms with Crippen molar-refractivity contribution in [2.45, 2.75) is 6.54 Å². The fraction of sp³-hybridized carbons (Fsp3) is 0.136. The van der Waals surface area contributed by atoms with Gasteiger partial charge >= 0.3 is 0 Å². The van der Waals surface area contributed by atoms with Gasteiger partial charge in [0.25, 0.3) is 16.7 Å². The van der Waals surface area contributed by atoms with E-state index in [4.69, 9.17) is 11.6 Å². The first-order valence-corrected chi connectivity index (χ1v) is 10.8. The largest absolute Gasteiger partial charge is 0.353 e. The summed E-state index contributed by atoms with van der Waals surface area (Å²) in [6, 6.07) is 13.9. The number of rotatable bonds is 6. The molecular formula is C22H17ClN4O4S. The van der Waals surface area contributed by atoms with E-state index in [-0.39, 0.29) is 25.2 Å². The van der Waals surface area contributed by atoms with Crippen LogP contribution in [0.5, 0.6) is 0 Å². The smallest absolute Gasteiger partial charge is 0.293 e. The van der Waals surface area contributed by atoms with Gasteiger partial charge in [-0.1, -0.05) is 41.9 Å². The van der Waals surface area contributed by atoms with Crippen LogP contribution in [0.1, 0.15) is 5.56 Å². The minimum absolute atomic E-state index is 0.0222. The topological polar surface area (TPSA) is 101 Å². The molecule has 1 aliphatic rings. The average Bonchev–Trinajstić information content (AvgIpc) is 3.05. The van der Waals surface area contributed by atoms with E-state index in [0.717, 1.165) is 26.9 Å². The molecule has 8 nitrogen and oxygen atoms in total. The van der Waals surface area contributed by atoms with Gasteiger partial charge in [0.2, 0.25) is 5.91 Å². The zero-order chi connectivity index (χ0) is 22.7. The number of nitrogens with one attached hydrogen (secondary N) is 1. The zero-order valence-corrected chi connectivity index (χ0v) is 18.2. The maximum Gasteiger partial charge on any atom is 0.293 e. The Labute approximate surface area is 191 Å². The van der Waals surface area contributed by atoms with Gasteiger partial charge in [-0.3, -0.25) is 24.1 Å². The second kappa shape index (κ2) is 9.37. The van der Waals surface area contributed by atoms with Gasteiger partial charge in [0.15, 0.2) is 0 Å². The lowest BCUT2D eigenvalue weighted by Crippen LogP contribution is -2.39. The van der Waals surface area contributed by atoms with Crippen molar-refractivity contribution in [2.24, 2.45) is 0 Å². The van der Waals surface area contributed by atoms with Gasteiger partial charge in [-0.05, 0) is 41.6 Å². The van der Waals surface area contributed by atoms with Crippen LogP contribution in [0.15, 0.2) is 64.4 Å². The molecule has 2 aromatic carbocycles. The van der Waals surface area contributed by atoms with E-state index in [1.54, 1.807) is 54.6 Å². The molecule has 1 fully saturated rings. The summed E-state index contributed by atoms with van der Waals surface area (Å²) in [5, 5.41) is 7.97. The second-order valence-corrected chi connectivity index (χ2v) is 8.36. The third-order valence-corrected chi connectivity index (χ3v) is 5.91. The predicted molar refractivity (Wildman–Crippen MR) is 123 cm³/mol. The first-order valence-electron chi connectivity index (χ1n) is 9.65. The third-order valence-electron chi connectivity index (χ3n) is 4.75. The van der Waals surface area contributed by atoms with E-state index < -0.39 is 17.1 Å². The van der Waals surface area contributed by atoms with Gasteiger partial charge in [-0.2, -0.15) is 5.10 Å². The highest BCUT2D eigenvalue weighted by Gasteiger charge is 2.34. The molecule has 2 heterocycles. The minimum Gasteiger partial charge on any atom is -0.353 e. The Morgan fingerprint density at radius 1 is 1.09 bits per heavy atom. The number of carbonyl (C=O) groups excluding carboxylic acids is 3. The standard InChI is InChI=1S/C22H17ClN4O4S/c23-16-7-5-14(6-8-16)11-18-21(30)26(22(31)32-18)10-9-24-19(28)13-27-20(29)17-4-2-1-3-15(17)12-25-27/h1-8,11-12H,9-10,13H2,(H,24,28)/b18-11-. The first-order chi connectivity index (χ1) is 15.4. The summed E-state index contributed by atoms with van der Waals surface area (Å²) in [6.45, 7) is -0.177. The van der Waals surface area contributed by atoms with Crippen LogP contribution in [-0.4, -0.2) is 44.8 Å². The maximum absolute atomic E-state index is 12.5. The Hall–Kier alpha value is -3.43. The van der Waals surface area contributed by atoms with Crippen LogP contribution in [0.4, 0.5) is 4.79 Å². The SMILES string of the molecule is O=C(Cn1ncc2ccccc2c1=O)NCCN1C(=O)S/C(=C\c2ccc(Cl)cc2)C1=O. The molecule has 3 aromatic rings. The van der Waals surface area contributed by atoms with Gasteiger partial charge in [-0.25, -0.2) is 4.68 Å². The van der Waals surface area contributed by atoms with Gasteiger partial charge < -0.3 is 5.32 Å². The number of thioether (sulfide) groups is 1. The van der Waals surface area contributed by atoms with Crippen LogP contribution in [0, 0.1) is 0 Å². The molecule has 1 saturated heterocycles. The normalized spacial score (nSPS) is 15.0. The molecule has 1 aromatic heterocycles. The highest BCUT2D eigenvalue weighted by atomic mass is 35.5. The monoisotopic (exact) mass is 468 g/mol. The Kier molecular flexibility index (Phi) is 6.38. The van der Waals surface area contributed by atoms with Crippen molar-refractivity contribution in [1.82, 2.24) is 20.0 Å². The number of carbonyl (C=O) groups is 3. The van der Waals surface area contributed by atoms with E-state index in [1.165, 1.54) is 6.20 Å². The van der Waals surface area contributed by atoms with E-state index in [0.29, 0.717) is 20.7 Å². The zero-order valence-electron chi connectivity index (χ0n) is 16.7. The Balaban J connectivity index is 1.34. The molecule has 162 valence electrons. The fourth-order valence-corrected chi connectivity index (χ4v) is 4.13. The summed E-state index contributed by atoms with van der Waals surface area (Å²) in [5.74, 6) is -0.866. The maximum atomic E-state index is 12.5. The van der Waals surface area contributed by atoms with E-state index >= 15 is 0 Å². The molecule has 0 aliphatic carbocycles. The third kappa shape index (κ3) is 4.74. The van der Waals surface area contributed by atoms with Crippen molar-refractivity contribution < 1.29 is 14.4 Å². The van der Waals surface area contributed by atoms with E-state index in [9.17, 15) is 19.2 Å². The first kappa shape index (κ1) is 21.8. The Morgan fingerprint density at radius 3 is 2.62 bits per heavy atom. The molecule has 0 unspecified atom stereocenters. The molecule has 0 spiro atoms. The van der Waals surface area contributed by atoms with Crippen LogP contribution in [0.25, 0.3) is 16.8 Å². The molecule has 4 rings (SSSR count). The molecule has 1 aliphatic heterocycles. The van der Waals surface area contributed by atoms with E-state index in [2.05, 4.69) is 10.4 Å². The summed E-state index contributed by atoms with van der Waals surface area (Å²) in [5.41, 5.74) is 0.387. The molecule has 0 radical (unpaired) electrons. The minimum atomic E-state index is -0.446. The molecule has 0 saturated carbocycles. The van der Waals surface area contributed by atoms with Crippen LogP contribution >= 0.6 is 23.4 Å². The number of imide groups is 1. The second-order valence-electron chi connectivity index (χ2n) is 6.93. The number of hydrogen-bond donors (Lipinski definition) is 1. The summed E-state index contributed by atoms with van der Waals surface area (Å²) in [7, 11) is 0. The summed E-state index contributed by atoms with van der Waals surface area (Å²) in [6.07, 6.45) is 3.15. The van der Waals surface area contributed by atoms with Crippen molar-refractivity contribution in [3.05, 3.63) is 80.6 Å². The number of halogens is 1. The van der Waals surface area contributed by atoms with Crippen LogP contribution < -0.4 is 10.9 Å². The quantitative estimate of drug-likeness (QED) is 0.558. The molecule has 32 heavy (non-hydrogen) atoms. The van der Waals surface area contributed by atoms with Crippen molar-refractivity contribution >= 4 is 57.3 Å². The Bertz CT molecular complexity index is 1300. The van der Waals surface area contributed by atoms with Crippen molar-refractivity contribution in [3.8, 4) is 0 Å². The van der Waals surface area contributed by atoms with Crippen LogP contribution in [0.2, 0.25) is 5.02 Å². The van der Waals surface area contributed by atoms with Gasteiger partial charge in [-0.15, -0.1) is 0 Å². The van der Waals surface area contributed by atoms with Crippen LogP contribution in [0.3, 0.4) is 0 Å². The average molecular weight is 469 g/mol. The lowest BCUT2D eigenvalue weighted by atomic mass is 10.2. The molecule has 0 atom stereocenters. The number of nitrogens with zero attached hydrogens (tertiary/aromatic N) is 3. The van der Waals surface area contributed by atoms with E-state index in [1.807, 2.05) is 0 Å². The van der Waals surface area contributed by atoms with Crippen molar-refractivity contribution in [1.29, 1.82) is 0 Å². The molecule has 10 heteroatoms. The molecule has 0 bridgehead atoms. The van der Waals surface area contributed by atoms with Crippen molar-refractivity contribution in [3.63, 3.8) is 0 Å². The number of amides is 3. The molecule has 3 amide bonds. The molecule has 1 N–H and O–H groups in total. The van der Waals surface area contributed by atoms with Crippen LogP contribution in [-0.2, 0) is 16.1 Å². The predicted octanol–water partition coefficient (Wildman–Crippen LogP) is 2.90. The highest BCUT2D eigenvalue weighted by molar-refractivity contribution is 8.18.